The van der Waals surface area contributed by atoms with Crippen LogP contribution >= 0.6 is 0 Å². The molecule has 0 unspecified atom stereocenters. The van der Waals surface area contributed by atoms with E-state index in [-0.39, 0.29) is 11.6 Å². The number of nitrogens with two attached hydrogens (primary N) is 2. The van der Waals surface area contributed by atoms with Crippen molar-refractivity contribution in [2.24, 2.45) is 11.5 Å². The zero-order valence-corrected chi connectivity index (χ0v) is 25.1. The molecule has 5 rings (SSSR count). The molecule has 1 saturated carbocycles. The molecule has 0 bridgehead atoms. The van der Waals surface area contributed by atoms with Gasteiger partial charge in [-0.05, 0) is 79.6 Å². The van der Waals surface area contributed by atoms with Crippen LogP contribution in [0.2, 0.25) is 0 Å². The van der Waals surface area contributed by atoms with Gasteiger partial charge in [-0.1, -0.05) is 18.6 Å². The van der Waals surface area contributed by atoms with Gasteiger partial charge in [0.1, 0.15) is 11.6 Å². The fourth-order valence-electron chi connectivity index (χ4n) is 5.65. The lowest BCUT2D eigenvalue weighted by molar-refractivity contribution is -0.119. The molecule has 0 saturated heterocycles. The van der Waals surface area contributed by atoms with Crippen molar-refractivity contribution in [3.05, 3.63) is 106 Å². The third kappa shape index (κ3) is 8.87. The fraction of sp³-hybridized carbons (Fsp3) is 0.412. The molecule has 10 nitrogen and oxygen atoms in total. The van der Waals surface area contributed by atoms with Crippen LogP contribution in [0.5, 0.6) is 0 Å². The van der Waals surface area contributed by atoms with Gasteiger partial charge in [-0.15, -0.1) is 0 Å². The molecular weight excluding hydrogens is 552 g/mol. The minimum absolute atomic E-state index is 0.129. The molecule has 0 radical (unpaired) electrons. The van der Waals surface area contributed by atoms with Gasteiger partial charge < -0.3 is 11.5 Å². The first kappa shape index (κ1) is 31.2. The molecule has 4 N–H and O–H groups in total. The Labute approximate surface area is 258 Å². The Kier molecular flexibility index (Phi) is 10.9. The molecule has 1 aliphatic rings. The molecule has 4 heterocycles. The molecule has 228 valence electrons. The number of carbonyl (C=O) groups is 2. The number of nitrogens with zero attached hydrogens (tertiary/aromatic N) is 6. The SMILES string of the molecule is NCc1ccc(CC(=O)CCc2ccc([C@H]3CCC[C@H](c4ccc(CCC(=O)Cc5ccc(CN)cn5)nn4)C3)nn2)nc1. The molecule has 1 aliphatic carbocycles. The van der Waals surface area contributed by atoms with Crippen LogP contribution in [-0.2, 0) is 48.4 Å². The summed E-state index contributed by atoms with van der Waals surface area (Å²) >= 11 is 0. The zero-order chi connectivity index (χ0) is 30.7. The van der Waals surface area contributed by atoms with Crippen LogP contribution < -0.4 is 11.5 Å². The normalized spacial score (nSPS) is 16.5. The molecule has 10 heteroatoms. The highest BCUT2D eigenvalue weighted by molar-refractivity contribution is 5.81. The third-order valence-electron chi connectivity index (χ3n) is 8.31. The van der Waals surface area contributed by atoms with Crippen molar-refractivity contribution < 1.29 is 9.59 Å². The van der Waals surface area contributed by atoms with Crippen molar-refractivity contribution in [2.75, 3.05) is 0 Å². The van der Waals surface area contributed by atoms with E-state index >= 15 is 0 Å². The second kappa shape index (κ2) is 15.4. The van der Waals surface area contributed by atoms with Gasteiger partial charge in [-0.3, -0.25) is 19.6 Å². The van der Waals surface area contributed by atoms with Gasteiger partial charge in [0.15, 0.2) is 0 Å². The van der Waals surface area contributed by atoms with E-state index in [1.54, 1.807) is 12.4 Å². The lowest BCUT2D eigenvalue weighted by Gasteiger charge is -2.28. The highest BCUT2D eigenvalue weighted by atomic mass is 16.1. The van der Waals surface area contributed by atoms with E-state index in [9.17, 15) is 9.59 Å². The molecule has 0 spiro atoms. The summed E-state index contributed by atoms with van der Waals surface area (Å²) in [5.74, 6) is 0.880. The summed E-state index contributed by atoms with van der Waals surface area (Å²) in [6.07, 6.45) is 10.2. The number of rotatable bonds is 14. The maximum absolute atomic E-state index is 12.5. The minimum Gasteiger partial charge on any atom is -0.326 e. The molecule has 1 fully saturated rings. The van der Waals surface area contributed by atoms with Crippen molar-refractivity contribution in [1.29, 1.82) is 0 Å². The first-order chi connectivity index (χ1) is 21.5. The summed E-state index contributed by atoms with van der Waals surface area (Å²) in [5, 5.41) is 18.0. The average Bonchev–Trinajstić information content (AvgIpc) is 3.07. The molecule has 4 aromatic rings. The summed E-state index contributed by atoms with van der Waals surface area (Å²) in [6, 6.07) is 15.6. The Balaban J connectivity index is 1.07. The lowest BCUT2D eigenvalue weighted by Crippen LogP contribution is -2.16. The van der Waals surface area contributed by atoms with Crippen molar-refractivity contribution in [2.45, 2.75) is 89.1 Å². The van der Waals surface area contributed by atoms with E-state index in [1.165, 1.54) is 0 Å². The molecule has 0 aliphatic heterocycles. The van der Waals surface area contributed by atoms with Gasteiger partial charge in [-0.25, -0.2) is 0 Å². The van der Waals surface area contributed by atoms with Crippen LogP contribution in [0.3, 0.4) is 0 Å². The molecular formula is C34H40N8O2. The largest absolute Gasteiger partial charge is 0.326 e. The van der Waals surface area contributed by atoms with Gasteiger partial charge >= 0.3 is 0 Å². The quantitative estimate of drug-likeness (QED) is 0.219. The number of hydrogen-bond donors (Lipinski definition) is 2. The van der Waals surface area contributed by atoms with Crippen LogP contribution in [0.4, 0.5) is 0 Å². The van der Waals surface area contributed by atoms with Crippen LogP contribution in [0.15, 0.2) is 60.9 Å². The van der Waals surface area contributed by atoms with Crippen molar-refractivity contribution in [1.82, 2.24) is 30.4 Å². The minimum atomic E-state index is 0.129. The van der Waals surface area contributed by atoms with E-state index in [0.717, 1.165) is 71.0 Å². The topological polar surface area (TPSA) is 164 Å². The maximum atomic E-state index is 12.5. The average molecular weight is 593 g/mol. The number of ketones is 2. The van der Waals surface area contributed by atoms with Gasteiger partial charge in [0, 0.05) is 74.4 Å². The van der Waals surface area contributed by atoms with Crippen LogP contribution in [0.25, 0.3) is 0 Å². The smallest absolute Gasteiger partial charge is 0.139 e. The Bertz CT molecular complexity index is 1390. The summed E-state index contributed by atoms with van der Waals surface area (Å²) < 4.78 is 0. The Morgan fingerprint density at radius 2 is 1.07 bits per heavy atom. The van der Waals surface area contributed by atoms with E-state index in [1.807, 2.05) is 36.4 Å². The van der Waals surface area contributed by atoms with Gasteiger partial charge in [0.25, 0.3) is 0 Å². The zero-order valence-electron chi connectivity index (χ0n) is 25.1. The standard InChI is InChI=1S/C34H40N8O2/c35-19-23-4-6-29(37-21-23)17-31(43)12-8-27-10-14-33(41-39-27)25-2-1-3-26(16-25)34-15-11-28(40-42-34)9-13-32(44)18-30-7-5-24(20-36)22-38-30/h4-7,10-11,14-15,21-22,25-26H,1-3,8-9,12-13,16-20,35-36H2/t25-,26-/m0/s1. The fourth-order valence-corrected chi connectivity index (χ4v) is 5.65. The lowest BCUT2D eigenvalue weighted by atomic mass is 9.78. The maximum Gasteiger partial charge on any atom is 0.139 e. The summed E-state index contributed by atoms with van der Waals surface area (Å²) in [4.78, 5) is 33.5. The predicted octanol–water partition coefficient (Wildman–Crippen LogP) is 3.90. The summed E-state index contributed by atoms with van der Waals surface area (Å²) in [7, 11) is 0. The molecule has 0 amide bonds. The number of aryl methyl sites for hydroxylation is 2. The number of Topliss-reactive ketones (excluding diaryl/α,β-unsaturated/α-hetero) is 2. The van der Waals surface area contributed by atoms with E-state index in [2.05, 4.69) is 42.5 Å². The van der Waals surface area contributed by atoms with E-state index < -0.39 is 0 Å². The van der Waals surface area contributed by atoms with Crippen LogP contribution in [-0.4, -0.2) is 41.9 Å². The molecule has 2 atom stereocenters. The Morgan fingerprint density at radius 3 is 1.43 bits per heavy atom. The van der Waals surface area contributed by atoms with Crippen LogP contribution in [0, 0.1) is 0 Å². The Hall–Kier alpha value is -4.28. The second-order valence-corrected chi connectivity index (χ2v) is 11.6. The highest BCUT2D eigenvalue weighted by Crippen LogP contribution is 2.39. The molecule has 4 aromatic heterocycles. The van der Waals surface area contributed by atoms with Gasteiger partial charge in [0.2, 0.25) is 0 Å². The number of pyridine rings is 2. The predicted molar refractivity (Wildman–Crippen MR) is 166 cm³/mol. The van der Waals surface area contributed by atoms with Gasteiger partial charge in [-0.2, -0.15) is 20.4 Å². The first-order valence-electron chi connectivity index (χ1n) is 15.4. The number of aromatic nitrogens is 6. The Morgan fingerprint density at radius 1 is 0.614 bits per heavy atom. The van der Waals surface area contributed by atoms with E-state index in [0.29, 0.717) is 63.5 Å². The van der Waals surface area contributed by atoms with Gasteiger partial charge in [0.05, 0.1) is 22.8 Å². The molecule has 0 aromatic carbocycles. The second-order valence-electron chi connectivity index (χ2n) is 11.6. The summed E-state index contributed by atoms with van der Waals surface area (Å²) in [6.45, 7) is 0.879. The van der Waals surface area contributed by atoms with Crippen molar-refractivity contribution >= 4 is 11.6 Å². The first-order valence-corrected chi connectivity index (χ1v) is 15.4. The van der Waals surface area contributed by atoms with Crippen molar-refractivity contribution in [3.8, 4) is 0 Å². The number of hydrogen-bond acceptors (Lipinski definition) is 10. The molecule has 44 heavy (non-hydrogen) atoms. The highest BCUT2D eigenvalue weighted by Gasteiger charge is 2.27. The monoisotopic (exact) mass is 592 g/mol. The van der Waals surface area contributed by atoms with E-state index in [4.69, 9.17) is 11.5 Å². The number of carbonyl (C=O) groups excluding carboxylic acids is 2. The third-order valence-corrected chi connectivity index (χ3v) is 8.31. The van der Waals surface area contributed by atoms with Crippen LogP contribution in [0.1, 0.15) is 95.7 Å². The van der Waals surface area contributed by atoms with Crippen molar-refractivity contribution in [3.63, 3.8) is 0 Å². The summed E-state index contributed by atoms with van der Waals surface area (Å²) in [5.41, 5.74) is 18.3.